The minimum atomic E-state index is -1.27. The lowest BCUT2D eigenvalue weighted by Crippen LogP contribution is -2.67. The maximum absolute atomic E-state index is 11.2. The molecule has 3 aliphatic rings. The number of aliphatic hydroxyl groups excluding tert-OH is 4. The molecule has 13 atom stereocenters. The number of ether oxygens (including phenoxy) is 3. The number of aliphatic hydroxyl groups is 5. The third-order valence-electron chi connectivity index (χ3n) is 7.27. The molecule has 0 amide bonds. The smallest absolute Gasteiger partial charge is 0.185 e. The van der Waals surface area contributed by atoms with Crippen LogP contribution in [0, 0.1) is 11.8 Å². The van der Waals surface area contributed by atoms with Crippen LogP contribution in [0.15, 0.2) is 0 Å². The first kappa shape index (κ1) is 25.2. The van der Waals surface area contributed by atoms with E-state index in [-0.39, 0.29) is 18.9 Å². The van der Waals surface area contributed by atoms with Gasteiger partial charge in [-0.3, -0.25) is 0 Å². The molecule has 3 fully saturated rings. The second-order valence-corrected chi connectivity index (χ2v) is 9.76. The summed E-state index contributed by atoms with van der Waals surface area (Å²) in [5.74, 6) is -0.748. The molecule has 1 aliphatic carbocycles. The van der Waals surface area contributed by atoms with Crippen LogP contribution in [0.25, 0.3) is 0 Å². The van der Waals surface area contributed by atoms with E-state index in [9.17, 15) is 25.5 Å². The van der Waals surface area contributed by atoms with E-state index in [1.54, 1.807) is 14.0 Å². The number of hydrogen-bond donors (Lipinski definition) is 7. The van der Waals surface area contributed by atoms with Crippen LogP contribution in [0.4, 0.5) is 0 Å². The van der Waals surface area contributed by atoms with E-state index in [2.05, 4.69) is 5.32 Å². The molecule has 10 heteroatoms. The van der Waals surface area contributed by atoms with Gasteiger partial charge in [-0.1, -0.05) is 13.8 Å². The van der Waals surface area contributed by atoms with Gasteiger partial charge in [0, 0.05) is 18.4 Å². The van der Waals surface area contributed by atoms with Crippen molar-refractivity contribution < 1.29 is 39.7 Å². The Balaban J connectivity index is 1.76. The number of nitrogens with two attached hydrogens (primary N) is 1. The van der Waals surface area contributed by atoms with Crippen LogP contribution in [0.2, 0.25) is 0 Å². The second kappa shape index (κ2) is 9.84. The molecule has 2 saturated heterocycles. The maximum Gasteiger partial charge on any atom is 0.185 e. The lowest BCUT2D eigenvalue weighted by molar-refractivity contribution is -0.304. The zero-order valence-electron chi connectivity index (χ0n) is 18.8. The third-order valence-corrected chi connectivity index (χ3v) is 7.27. The standard InChI is InChI=1S/C21H40N2O8/c1-5-13-11(24)7-12(25)18(30-13)14-10(22)6-9(2)17(15(14)26)31-20-16(27)19(23-4)21(3,28)8-29-20/h9-20,23-28H,5-8,22H2,1-4H3. The Morgan fingerprint density at radius 1 is 1.13 bits per heavy atom. The highest BCUT2D eigenvalue weighted by Crippen LogP contribution is 2.39. The summed E-state index contributed by atoms with van der Waals surface area (Å²) >= 11 is 0. The zero-order chi connectivity index (χ0) is 23.1. The zero-order valence-corrected chi connectivity index (χ0v) is 18.8. The molecule has 31 heavy (non-hydrogen) atoms. The highest BCUT2D eigenvalue weighted by atomic mass is 16.7. The third kappa shape index (κ3) is 4.93. The van der Waals surface area contributed by atoms with Gasteiger partial charge in [0.2, 0.25) is 0 Å². The van der Waals surface area contributed by atoms with Gasteiger partial charge in [0.05, 0.1) is 49.3 Å². The fourth-order valence-electron chi connectivity index (χ4n) is 5.53. The molecular formula is C21H40N2O8. The average molecular weight is 449 g/mol. The minimum Gasteiger partial charge on any atom is -0.390 e. The maximum atomic E-state index is 11.2. The second-order valence-electron chi connectivity index (χ2n) is 9.76. The van der Waals surface area contributed by atoms with Crippen molar-refractivity contribution in [1.82, 2.24) is 5.32 Å². The van der Waals surface area contributed by atoms with E-state index in [1.165, 1.54) is 0 Å². The SMILES string of the molecule is CCC1OC(C2C(N)CC(C)C(OC3OCC(C)(O)C(NC)C3O)C2O)C(O)CC1O. The van der Waals surface area contributed by atoms with Gasteiger partial charge in [-0.25, -0.2) is 0 Å². The Labute approximate surface area is 183 Å². The van der Waals surface area contributed by atoms with Crippen LogP contribution in [-0.2, 0) is 14.2 Å². The van der Waals surface area contributed by atoms with E-state index >= 15 is 0 Å². The van der Waals surface area contributed by atoms with Gasteiger partial charge in [-0.05, 0) is 32.7 Å². The Kier molecular flexibility index (Phi) is 8.01. The van der Waals surface area contributed by atoms with E-state index in [0.717, 1.165) is 0 Å². The molecule has 0 aromatic rings. The van der Waals surface area contributed by atoms with Crippen molar-refractivity contribution in [2.45, 2.75) is 107 Å². The Hall–Kier alpha value is -0.400. The van der Waals surface area contributed by atoms with Crippen molar-refractivity contribution in [3.8, 4) is 0 Å². The number of nitrogens with one attached hydrogen (secondary N) is 1. The number of likely N-dealkylation sites (N-methyl/N-ethyl adjacent to an activating group) is 1. The molecule has 13 unspecified atom stereocenters. The van der Waals surface area contributed by atoms with Crippen LogP contribution in [0.1, 0.15) is 40.0 Å². The lowest BCUT2D eigenvalue weighted by Gasteiger charge is -2.51. The van der Waals surface area contributed by atoms with Crippen molar-refractivity contribution in [2.75, 3.05) is 13.7 Å². The molecule has 2 aliphatic heterocycles. The molecule has 0 aromatic heterocycles. The summed E-state index contributed by atoms with van der Waals surface area (Å²) in [6.07, 6.45) is -5.63. The number of hydrogen-bond acceptors (Lipinski definition) is 10. The van der Waals surface area contributed by atoms with E-state index in [1.807, 2.05) is 13.8 Å². The largest absolute Gasteiger partial charge is 0.390 e. The van der Waals surface area contributed by atoms with Crippen molar-refractivity contribution in [2.24, 2.45) is 17.6 Å². The van der Waals surface area contributed by atoms with E-state index < -0.39 is 72.6 Å². The predicted octanol–water partition coefficient (Wildman–Crippen LogP) is -1.94. The quantitative estimate of drug-likeness (QED) is 0.251. The normalized spacial score (nSPS) is 54.0. The molecular weight excluding hydrogens is 408 g/mol. The summed E-state index contributed by atoms with van der Waals surface area (Å²) < 4.78 is 17.6. The number of rotatable bonds is 5. The first-order chi connectivity index (χ1) is 14.5. The molecule has 0 spiro atoms. The first-order valence-corrected chi connectivity index (χ1v) is 11.3. The van der Waals surface area contributed by atoms with Crippen LogP contribution < -0.4 is 11.1 Å². The summed E-state index contributed by atoms with van der Waals surface area (Å²) in [4.78, 5) is 0. The Morgan fingerprint density at radius 3 is 2.42 bits per heavy atom. The topological polar surface area (TPSA) is 167 Å². The lowest BCUT2D eigenvalue weighted by atomic mass is 9.70. The fraction of sp³-hybridized carbons (Fsp3) is 1.00. The Morgan fingerprint density at radius 2 is 1.81 bits per heavy atom. The van der Waals surface area contributed by atoms with Gasteiger partial charge in [0.25, 0.3) is 0 Å². The summed E-state index contributed by atoms with van der Waals surface area (Å²) in [5, 5.41) is 56.0. The van der Waals surface area contributed by atoms with Crippen molar-refractivity contribution in [3.63, 3.8) is 0 Å². The van der Waals surface area contributed by atoms with Gasteiger partial charge in [-0.2, -0.15) is 0 Å². The Bertz CT molecular complexity index is 596. The monoisotopic (exact) mass is 448 g/mol. The van der Waals surface area contributed by atoms with E-state index in [0.29, 0.717) is 12.8 Å². The van der Waals surface area contributed by atoms with Crippen LogP contribution in [-0.4, -0.2) is 106 Å². The summed E-state index contributed by atoms with van der Waals surface area (Å²) in [7, 11) is 1.64. The van der Waals surface area contributed by atoms with Crippen molar-refractivity contribution in [3.05, 3.63) is 0 Å². The van der Waals surface area contributed by atoms with Gasteiger partial charge in [0.1, 0.15) is 11.7 Å². The first-order valence-electron chi connectivity index (χ1n) is 11.3. The summed E-state index contributed by atoms with van der Waals surface area (Å²) in [6, 6.07) is -1.10. The highest BCUT2D eigenvalue weighted by molar-refractivity contribution is 5.03. The van der Waals surface area contributed by atoms with Gasteiger partial charge in [0.15, 0.2) is 6.29 Å². The molecule has 0 radical (unpaired) electrons. The minimum absolute atomic E-state index is 0.0408. The van der Waals surface area contributed by atoms with Gasteiger partial charge < -0.3 is 50.8 Å². The van der Waals surface area contributed by atoms with Crippen molar-refractivity contribution in [1.29, 1.82) is 0 Å². The van der Waals surface area contributed by atoms with Crippen LogP contribution in [0.3, 0.4) is 0 Å². The van der Waals surface area contributed by atoms with Crippen molar-refractivity contribution >= 4 is 0 Å². The molecule has 10 nitrogen and oxygen atoms in total. The molecule has 182 valence electrons. The molecule has 0 bridgehead atoms. The molecule has 2 heterocycles. The van der Waals surface area contributed by atoms with E-state index in [4.69, 9.17) is 19.9 Å². The molecule has 3 rings (SSSR count). The molecule has 0 aromatic carbocycles. The molecule has 8 N–H and O–H groups in total. The van der Waals surface area contributed by atoms with Crippen LogP contribution >= 0.6 is 0 Å². The molecule has 1 saturated carbocycles. The van der Waals surface area contributed by atoms with Crippen LogP contribution in [0.5, 0.6) is 0 Å². The van der Waals surface area contributed by atoms with Gasteiger partial charge in [-0.15, -0.1) is 0 Å². The predicted molar refractivity (Wildman–Crippen MR) is 111 cm³/mol. The fourth-order valence-corrected chi connectivity index (χ4v) is 5.53. The summed E-state index contributed by atoms with van der Waals surface area (Å²) in [6.45, 7) is 5.33. The van der Waals surface area contributed by atoms with Gasteiger partial charge >= 0.3 is 0 Å². The highest BCUT2D eigenvalue weighted by Gasteiger charge is 2.53. The summed E-state index contributed by atoms with van der Waals surface area (Å²) in [5.41, 5.74) is 5.11. The average Bonchev–Trinajstić information content (AvgIpc) is 2.68.